The minimum absolute atomic E-state index is 0.0995. The third-order valence-electron chi connectivity index (χ3n) is 4.98. The van der Waals surface area contributed by atoms with Crippen molar-refractivity contribution in [2.45, 2.75) is 6.92 Å². The van der Waals surface area contributed by atoms with Crippen molar-refractivity contribution in [2.75, 3.05) is 27.4 Å². The van der Waals surface area contributed by atoms with Gasteiger partial charge in [0.05, 0.1) is 32.0 Å². The number of nitrogens with one attached hydrogen (secondary N) is 2. The van der Waals surface area contributed by atoms with Crippen LogP contribution in [0.3, 0.4) is 0 Å². The Hall–Kier alpha value is -4.74. The van der Waals surface area contributed by atoms with Crippen LogP contribution in [-0.2, 0) is 14.3 Å². The summed E-state index contributed by atoms with van der Waals surface area (Å²) in [5.74, 6) is -0.142. The average Bonchev–Trinajstić information content (AvgIpc) is 3.36. The Morgan fingerprint density at radius 1 is 1.00 bits per heavy atom. The summed E-state index contributed by atoms with van der Waals surface area (Å²) in [6.07, 6.45) is 0. The van der Waals surface area contributed by atoms with Crippen molar-refractivity contribution in [1.82, 2.24) is 25.4 Å². The lowest BCUT2D eigenvalue weighted by Crippen LogP contribution is -2.13. The zero-order valence-corrected chi connectivity index (χ0v) is 19.1. The molecule has 0 aliphatic heterocycles. The molecule has 0 bridgehead atoms. The van der Waals surface area contributed by atoms with E-state index in [1.807, 2.05) is 6.92 Å². The second kappa shape index (κ2) is 10.0. The molecule has 2 aromatic heterocycles. The first-order valence-corrected chi connectivity index (χ1v) is 10.4. The van der Waals surface area contributed by atoms with Gasteiger partial charge in [0, 0.05) is 0 Å². The van der Waals surface area contributed by atoms with E-state index in [0.29, 0.717) is 29.0 Å². The summed E-state index contributed by atoms with van der Waals surface area (Å²) in [5.41, 5.74) is 1.96. The molecule has 35 heavy (non-hydrogen) atoms. The van der Waals surface area contributed by atoms with Gasteiger partial charge in [-0.15, -0.1) is 5.10 Å². The van der Waals surface area contributed by atoms with E-state index in [-0.39, 0.29) is 34.9 Å². The van der Waals surface area contributed by atoms with Crippen molar-refractivity contribution in [3.05, 3.63) is 52.3 Å². The topological polar surface area (TPSA) is 158 Å². The van der Waals surface area contributed by atoms with E-state index in [1.54, 1.807) is 30.3 Å². The van der Waals surface area contributed by atoms with Crippen LogP contribution in [0, 0.1) is 0 Å². The van der Waals surface area contributed by atoms with Crippen molar-refractivity contribution < 1.29 is 28.5 Å². The molecular formula is C23H21N5O7. The number of carbonyl (C=O) groups is 2. The minimum atomic E-state index is -0.570. The molecule has 0 atom stereocenters. The molecule has 4 rings (SSSR count). The van der Waals surface area contributed by atoms with E-state index in [1.165, 1.54) is 20.3 Å². The fourth-order valence-electron chi connectivity index (χ4n) is 3.35. The number of rotatable bonds is 8. The van der Waals surface area contributed by atoms with E-state index in [4.69, 9.17) is 14.2 Å². The zero-order valence-electron chi connectivity index (χ0n) is 19.1. The maximum atomic E-state index is 12.3. The Bertz CT molecular complexity index is 1460. The van der Waals surface area contributed by atoms with Crippen molar-refractivity contribution >= 4 is 23.1 Å². The number of H-pyrrole nitrogens is 2. The fourth-order valence-corrected chi connectivity index (χ4v) is 3.35. The Kier molecular flexibility index (Phi) is 6.71. The van der Waals surface area contributed by atoms with E-state index >= 15 is 0 Å². The smallest absolute Gasteiger partial charge is 0.343 e. The van der Waals surface area contributed by atoms with Gasteiger partial charge in [-0.05, 0) is 48.4 Å². The summed E-state index contributed by atoms with van der Waals surface area (Å²) < 4.78 is 20.8. The quantitative estimate of drug-likeness (QED) is 0.358. The first-order valence-electron chi connectivity index (χ1n) is 10.4. The number of esters is 2. The number of ether oxygens (including phenoxy) is 4. The molecule has 0 aliphatic carbocycles. The summed E-state index contributed by atoms with van der Waals surface area (Å²) in [6.45, 7) is 1.85. The van der Waals surface area contributed by atoms with Gasteiger partial charge in [0.15, 0.2) is 17.8 Å². The first-order chi connectivity index (χ1) is 16.9. The standard InChI is InChI=1S/C23H21N5O7/c1-4-34-17-10-12(5-6-16(17)20-24-21-19(22(30)25-20)26-28-27-21)13-7-14(23(31)33-3)9-15(8-13)35-11-18(29)32-2/h5-10H,4,11H2,1-3H3,(H2,24,25,26,27,28,30). The molecule has 2 N–H and O–H groups in total. The molecule has 0 saturated heterocycles. The predicted molar refractivity (Wildman–Crippen MR) is 123 cm³/mol. The van der Waals surface area contributed by atoms with Crippen LogP contribution in [0.5, 0.6) is 11.5 Å². The highest BCUT2D eigenvalue weighted by molar-refractivity contribution is 5.92. The molecule has 0 aliphatic rings. The van der Waals surface area contributed by atoms with E-state index in [2.05, 4.69) is 30.1 Å². The molecule has 0 fully saturated rings. The minimum Gasteiger partial charge on any atom is -0.493 e. The molecule has 4 aromatic rings. The van der Waals surface area contributed by atoms with Gasteiger partial charge in [-0.3, -0.25) is 4.79 Å². The van der Waals surface area contributed by atoms with Crippen molar-refractivity contribution in [3.8, 4) is 34.0 Å². The van der Waals surface area contributed by atoms with Crippen molar-refractivity contribution in [1.29, 1.82) is 0 Å². The number of aromatic amines is 2. The molecule has 180 valence electrons. The van der Waals surface area contributed by atoms with Crippen LogP contribution in [0.15, 0.2) is 41.2 Å². The Morgan fingerprint density at radius 2 is 1.83 bits per heavy atom. The van der Waals surface area contributed by atoms with Gasteiger partial charge >= 0.3 is 11.9 Å². The molecule has 12 heteroatoms. The van der Waals surface area contributed by atoms with Gasteiger partial charge in [0.2, 0.25) is 0 Å². The molecule has 0 amide bonds. The first kappa shape index (κ1) is 23.4. The van der Waals surface area contributed by atoms with E-state index < -0.39 is 17.5 Å². The molecule has 0 unspecified atom stereocenters. The molecule has 0 spiro atoms. The number of hydrogen-bond acceptors (Lipinski definition) is 10. The lowest BCUT2D eigenvalue weighted by molar-refractivity contribution is -0.142. The summed E-state index contributed by atoms with van der Waals surface area (Å²) >= 11 is 0. The number of carbonyl (C=O) groups excluding carboxylic acids is 2. The summed E-state index contributed by atoms with van der Waals surface area (Å²) in [7, 11) is 2.52. The lowest BCUT2D eigenvalue weighted by atomic mass is 10.00. The monoisotopic (exact) mass is 479 g/mol. The number of nitrogens with zero attached hydrogens (tertiary/aromatic N) is 3. The van der Waals surface area contributed by atoms with Crippen LogP contribution in [0.2, 0.25) is 0 Å². The highest BCUT2D eigenvalue weighted by Crippen LogP contribution is 2.34. The van der Waals surface area contributed by atoms with Crippen LogP contribution >= 0.6 is 0 Å². The average molecular weight is 479 g/mol. The zero-order chi connectivity index (χ0) is 24.9. The Labute approximate surface area is 198 Å². The molecular weight excluding hydrogens is 458 g/mol. The molecule has 0 radical (unpaired) electrons. The van der Waals surface area contributed by atoms with Crippen LogP contribution < -0.4 is 15.0 Å². The molecule has 12 nitrogen and oxygen atoms in total. The number of benzene rings is 2. The fraction of sp³-hybridized carbons (Fsp3) is 0.217. The van der Waals surface area contributed by atoms with Gasteiger partial charge in [0.1, 0.15) is 17.3 Å². The summed E-state index contributed by atoms with van der Waals surface area (Å²) in [4.78, 5) is 43.1. The van der Waals surface area contributed by atoms with Crippen LogP contribution in [0.4, 0.5) is 0 Å². The number of hydrogen-bond donors (Lipinski definition) is 2. The highest BCUT2D eigenvalue weighted by atomic mass is 16.6. The van der Waals surface area contributed by atoms with Crippen LogP contribution in [0.25, 0.3) is 33.7 Å². The van der Waals surface area contributed by atoms with Gasteiger partial charge in [-0.2, -0.15) is 0 Å². The highest BCUT2D eigenvalue weighted by Gasteiger charge is 2.16. The number of methoxy groups -OCH3 is 2. The van der Waals surface area contributed by atoms with Gasteiger partial charge in [-0.1, -0.05) is 11.3 Å². The normalized spacial score (nSPS) is 10.7. The maximum absolute atomic E-state index is 12.3. The SMILES string of the molecule is CCOc1cc(-c2cc(OCC(=O)OC)cc(C(=O)OC)c2)ccc1-c1nc2[nH]nnc2c(=O)[nH]1. The van der Waals surface area contributed by atoms with Gasteiger partial charge in [-0.25, -0.2) is 19.7 Å². The maximum Gasteiger partial charge on any atom is 0.343 e. The molecule has 2 heterocycles. The van der Waals surface area contributed by atoms with E-state index in [0.717, 1.165) is 0 Å². The predicted octanol–water partition coefficient (Wildman–Crippen LogP) is 2.11. The molecule has 0 saturated carbocycles. The second-order valence-electron chi connectivity index (χ2n) is 7.17. The summed E-state index contributed by atoms with van der Waals surface area (Å²) in [6, 6.07) is 10.0. The lowest BCUT2D eigenvalue weighted by Gasteiger charge is -2.14. The van der Waals surface area contributed by atoms with Crippen molar-refractivity contribution in [3.63, 3.8) is 0 Å². The Morgan fingerprint density at radius 3 is 2.57 bits per heavy atom. The Balaban J connectivity index is 1.79. The largest absolute Gasteiger partial charge is 0.493 e. The van der Waals surface area contributed by atoms with Crippen LogP contribution in [-0.4, -0.2) is 64.8 Å². The summed E-state index contributed by atoms with van der Waals surface area (Å²) in [5, 5.41) is 9.91. The third kappa shape index (κ3) is 4.95. The van der Waals surface area contributed by atoms with Gasteiger partial charge < -0.3 is 23.9 Å². The van der Waals surface area contributed by atoms with Crippen LogP contribution in [0.1, 0.15) is 17.3 Å². The second-order valence-corrected chi connectivity index (χ2v) is 7.17. The number of fused-ring (bicyclic) bond motifs is 1. The number of aromatic nitrogens is 5. The molecule has 2 aromatic carbocycles. The van der Waals surface area contributed by atoms with Crippen molar-refractivity contribution in [2.24, 2.45) is 0 Å². The van der Waals surface area contributed by atoms with Gasteiger partial charge in [0.25, 0.3) is 5.56 Å². The van der Waals surface area contributed by atoms with E-state index in [9.17, 15) is 14.4 Å². The third-order valence-corrected chi connectivity index (χ3v) is 4.98.